The summed E-state index contributed by atoms with van der Waals surface area (Å²) in [5.41, 5.74) is -0.207. The number of benzene rings is 2. The van der Waals surface area contributed by atoms with Gasteiger partial charge in [-0.15, -0.1) is 0 Å². The van der Waals surface area contributed by atoms with E-state index in [0.717, 1.165) is 11.1 Å². The highest BCUT2D eigenvalue weighted by Crippen LogP contribution is 2.56. The maximum absolute atomic E-state index is 12.1. The molecule has 4 heteroatoms. The molecule has 122 valence electrons. The Morgan fingerprint density at radius 1 is 0.625 bits per heavy atom. The molecule has 0 bridgehead atoms. The topological polar surface area (TPSA) is 52.6 Å². The van der Waals surface area contributed by atoms with Crippen LogP contribution in [0, 0.1) is 0 Å². The minimum Gasteiger partial charge on any atom is -0.449 e. The van der Waals surface area contributed by atoms with Crippen LogP contribution >= 0.6 is 0 Å². The summed E-state index contributed by atoms with van der Waals surface area (Å²) in [5.74, 6) is -0.505. The molecule has 2 atom stereocenters. The van der Waals surface area contributed by atoms with Crippen molar-refractivity contribution in [2.75, 3.05) is 0 Å². The third-order valence-corrected chi connectivity index (χ3v) is 5.07. The number of esters is 2. The van der Waals surface area contributed by atoms with E-state index in [2.05, 4.69) is 0 Å². The molecule has 4 nitrogen and oxygen atoms in total. The van der Waals surface area contributed by atoms with Crippen LogP contribution in [-0.2, 0) is 30.3 Å². The van der Waals surface area contributed by atoms with Gasteiger partial charge in [-0.2, -0.15) is 0 Å². The predicted molar refractivity (Wildman–Crippen MR) is 86.9 cm³/mol. The van der Waals surface area contributed by atoms with E-state index in [4.69, 9.17) is 9.47 Å². The number of rotatable bonds is 3. The second-order valence-electron chi connectivity index (χ2n) is 6.33. The molecule has 0 saturated carbocycles. The van der Waals surface area contributed by atoms with E-state index < -0.39 is 11.2 Å². The molecule has 2 aromatic rings. The molecule has 2 aliphatic rings. The van der Waals surface area contributed by atoms with Gasteiger partial charge in [-0.25, -0.2) is 0 Å². The lowest BCUT2D eigenvalue weighted by atomic mass is 9.70. The summed E-state index contributed by atoms with van der Waals surface area (Å²) < 4.78 is 11.8. The fraction of sp³-hybridized carbons (Fsp3) is 0.300. The van der Waals surface area contributed by atoms with Gasteiger partial charge >= 0.3 is 11.9 Å². The quantitative estimate of drug-likeness (QED) is 0.812. The highest BCUT2D eigenvalue weighted by atomic mass is 16.6. The summed E-state index contributed by atoms with van der Waals surface area (Å²) in [6, 6.07) is 19.3. The molecule has 2 heterocycles. The number of hydrogen-bond acceptors (Lipinski definition) is 4. The number of cyclic esters (lactones) is 2. The minimum absolute atomic E-state index is 0.253. The number of ether oxygens (including phenoxy) is 2. The lowest BCUT2D eigenvalue weighted by molar-refractivity contribution is -0.197. The molecule has 2 fully saturated rings. The first-order valence-corrected chi connectivity index (χ1v) is 8.21. The first-order chi connectivity index (χ1) is 11.7. The summed E-state index contributed by atoms with van der Waals surface area (Å²) in [7, 11) is 0. The average molecular weight is 322 g/mol. The van der Waals surface area contributed by atoms with Crippen molar-refractivity contribution in [1.29, 1.82) is 0 Å². The first-order valence-electron chi connectivity index (χ1n) is 8.21. The second-order valence-corrected chi connectivity index (χ2v) is 6.33. The largest absolute Gasteiger partial charge is 0.449 e. The van der Waals surface area contributed by atoms with Crippen molar-refractivity contribution in [3.8, 4) is 0 Å². The van der Waals surface area contributed by atoms with Crippen LogP contribution in [0.2, 0.25) is 0 Å². The van der Waals surface area contributed by atoms with Gasteiger partial charge in [-0.1, -0.05) is 60.7 Å². The molecule has 2 unspecified atom stereocenters. The Bertz CT molecular complexity index is 703. The van der Waals surface area contributed by atoms with Crippen LogP contribution in [0.3, 0.4) is 0 Å². The first kappa shape index (κ1) is 14.9. The van der Waals surface area contributed by atoms with Crippen LogP contribution in [0.5, 0.6) is 0 Å². The van der Waals surface area contributed by atoms with E-state index in [9.17, 15) is 9.59 Å². The highest BCUT2D eigenvalue weighted by molar-refractivity contribution is 5.76. The van der Waals surface area contributed by atoms with Crippen molar-refractivity contribution in [3.63, 3.8) is 0 Å². The van der Waals surface area contributed by atoms with E-state index in [1.54, 1.807) is 0 Å². The van der Waals surface area contributed by atoms with E-state index in [0.29, 0.717) is 25.7 Å². The number of carbonyl (C=O) groups excluding carboxylic acids is 2. The molecule has 0 N–H and O–H groups in total. The molecular formula is C20H18O4. The lowest BCUT2D eigenvalue weighted by Gasteiger charge is -2.44. The Morgan fingerprint density at radius 2 is 1.00 bits per heavy atom. The Labute approximate surface area is 140 Å². The van der Waals surface area contributed by atoms with Gasteiger partial charge in [0.2, 0.25) is 0 Å². The van der Waals surface area contributed by atoms with Crippen molar-refractivity contribution in [1.82, 2.24) is 0 Å². The Balaban J connectivity index is 1.95. The summed E-state index contributed by atoms with van der Waals surface area (Å²) >= 11 is 0. The molecule has 0 spiro atoms. The molecule has 2 aromatic carbocycles. The zero-order valence-corrected chi connectivity index (χ0v) is 13.2. The van der Waals surface area contributed by atoms with Gasteiger partial charge in [-0.3, -0.25) is 9.59 Å². The Morgan fingerprint density at radius 3 is 1.29 bits per heavy atom. The van der Waals surface area contributed by atoms with Crippen molar-refractivity contribution < 1.29 is 19.1 Å². The lowest BCUT2D eigenvalue weighted by Crippen LogP contribution is -2.49. The van der Waals surface area contributed by atoms with Crippen LogP contribution in [0.4, 0.5) is 0 Å². The zero-order valence-electron chi connectivity index (χ0n) is 13.2. The van der Waals surface area contributed by atoms with Crippen molar-refractivity contribution in [3.05, 3.63) is 71.8 Å². The minimum atomic E-state index is -0.973. The van der Waals surface area contributed by atoms with Crippen LogP contribution in [-0.4, -0.2) is 11.9 Å². The van der Waals surface area contributed by atoms with Crippen molar-refractivity contribution in [2.45, 2.75) is 36.9 Å². The molecule has 4 rings (SSSR count). The molecule has 0 aromatic heterocycles. The third-order valence-electron chi connectivity index (χ3n) is 5.07. The SMILES string of the molecule is O=C1CCC(c2ccccc2)(C2(c3ccccc3)CCC(=O)O2)O1. The van der Waals surface area contributed by atoms with Gasteiger partial charge in [0.15, 0.2) is 11.2 Å². The highest BCUT2D eigenvalue weighted by Gasteiger charge is 2.63. The molecular weight excluding hydrogens is 304 g/mol. The molecule has 24 heavy (non-hydrogen) atoms. The predicted octanol–water partition coefficient (Wildman–Crippen LogP) is 3.45. The Hall–Kier alpha value is -2.62. The van der Waals surface area contributed by atoms with E-state index in [1.165, 1.54) is 0 Å². The van der Waals surface area contributed by atoms with E-state index in [1.807, 2.05) is 60.7 Å². The van der Waals surface area contributed by atoms with Crippen LogP contribution in [0.1, 0.15) is 36.8 Å². The maximum Gasteiger partial charge on any atom is 0.307 e. The van der Waals surface area contributed by atoms with Gasteiger partial charge in [0.25, 0.3) is 0 Å². The van der Waals surface area contributed by atoms with Crippen LogP contribution in [0.25, 0.3) is 0 Å². The molecule has 2 aliphatic heterocycles. The Kier molecular flexibility index (Phi) is 3.41. The van der Waals surface area contributed by atoms with Crippen LogP contribution < -0.4 is 0 Å². The van der Waals surface area contributed by atoms with Gasteiger partial charge in [0.05, 0.1) is 0 Å². The fourth-order valence-electron chi connectivity index (χ4n) is 4.01. The van der Waals surface area contributed by atoms with Gasteiger partial charge in [0, 0.05) is 25.7 Å². The monoisotopic (exact) mass is 322 g/mol. The normalized spacial score (nSPS) is 29.3. The molecule has 2 saturated heterocycles. The smallest absolute Gasteiger partial charge is 0.307 e. The standard InChI is InChI=1S/C20H18O4/c21-17-11-13-19(23-17,15-7-3-1-4-8-15)20(14-12-18(22)24-20)16-9-5-2-6-10-16/h1-10H,11-14H2. The van der Waals surface area contributed by atoms with Gasteiger partial charge < -0.3 is 9.47 Å². The third kappa shape index (κ3) is 2.06. The molecule has 0 aliphatic carbocycles. The fourth-order valence-corrected chi connectivity index (χ4v) is 4.01. The average Bonchev–Trinajstić information content (AvgIpc) is 3.22. The van der Waals surface area contributed by atoms with Crippen LogP contribution in [0.15, 0.2) is 60.7 Å². The number of carbonyl (C=O) groups is 2. The summed E-state index contributed by atoms with van der Waals surface area (Å²) in [6.07, 6.45) is 1.64. The molecule has 0 amide bonds. The van der Waals surface area contributed by atoms with Gasteiger partial charge in [-0.05, 0) is 11.1 Å². The summed E-state index contributed by atoms with van der Waals surface area (Å²) in [6.45, 7) is 0. The molecule has 0 radical (unpaired) electrons. The van der Waals surface area contributed by atoms with Crippen molar-refractivity contribution in [2.24, 2.45) is 0 Å². The number of hydrogen-bond donors (Lipinski definition) is 0. The van der Waals surface area contributed by atoms with E-state index in [-0.39, 0.29) is 11.9 Å². The second kappa shape index (κ2) is 5.48. The zero-order chi connectivity index (χ0) is 16.6. The maximum atomic E-state index is 12.1. The van der Waals surface area contributed by atoms with Crippen molar-refractivity contribution >= 4 is 11.9 Å². The van der Waals surface area contributed by atoms with E-state index >= 15 is 0 Å². The summed E-state index contributed by atoms with van der Waals surface area (Å²) in [5, 5.41) is 0. The van der Waals surface area contributed by atoms with Gasteiger partial charge in [0.1, 0.15) is 0 Å². The summed E-state index contributed by atoms with van der Waals surface area (Å²) in [4.78, 5) is 24.2.